The van der Waals surface area contributed by atoms with Crippen molar-refractivity contribution in [1.29, 1.82) is 0 Å². The highest BCUT2D eigenvalue weighted by molar-refractivity contribution is 8.00. The van der Waals surface area contributed by atoms with Gasteiger partial charge in [0.25, 0.3) is 11.8 Å². The van der Waals surface area contributed by atoms with Gasteiger partial charge in [0.15, 0.2) is 0 Å². The van der Waals surface area contributed by atoms with E-state index in [1.165, 1.54) is 42.1 Å². The van der Waals surface area contributed by atoms with Crippen molar-refractivity contribution in [3.8, 4) is 17.1 Å². The summed E-state index contributed by atoms with van der Waals surface area (Å²) < 4.78 is 34.3. The highest BCUT2D eigenvalue weighted by Crippen LogP contribution is 2.31. The molecule has 0 unspecified atom stereocenters. The lowest BCUT2D eigenvalue weighted by atomic mass is 10.1. The van der Waals surface area contributed by atoms with E-state index in [1.54, 1.807) is 73.8 Å². The van der Waals surface area contributed by atoms with Crippen molar-refractivity contribution < 1.29 is 32.0 Å². The minimum absolute atomic E-state index is 0.0444. The van der Waals surface area contributed by atoms with E-state index in [9.17, 15) is 22.8 Å². The van der Waals surface area contributed by atoms with Crippen LogP contribution in [0.3, 0.4) is 0 Å². The van der Waals surface area contributed by atoms with Crippen LogP contribution in [-0.2, 0) is 19.6 Å². The first kappa shape index (κ1) is 33.7. The summed E-state index contributed by atoms with van der Waals surface area (Å²) >= 11 is 1.27. The summed E-state index contributed by atoms with van der Waals surface area (Å²) in [7, 11) is -2.26. The van der Waals surface area contributed by atoms with Gasteiger partial charge < -0.3 is 25.1 Å². The number of ether oxygens (including phenoxy) is 1. The quantitative estimate of drug-likeness (QED) is 0.0953. The van der Waals surface area contributed by atoms with Gasteiger partial charge in [0.1, 0.15) is 23.0 Å². The average molecular weight is 683 g/mol. The number of carbonyl (C=O) groups is 3. The fourth-order valence-corrected chi connectivity index (χ4v) is 5.63. The number of hydrogen-bond acceptors (Lipinski definition) is 8. The van der Waals surface area contributed by atoms with Gasteiger partial charge in [-0.05, 0) is 84.9 Å². The van der Waals surface area contributed by atoms with E-state index in [1.807, 2.05) is 24.3 Å². The molecule has 11 nitrogen and oxygen atoms in total. The zero-order valence-electron chi connectivity index (χ0n) is 25.5. The Morgan fingerprint density at radius 2 is 1.46 bits per heavy atom. The molecule has 5 N–H and O–H groups in total. The van der Waals surface area contributed by atoms with Gasteiger partial charge in [0.05, 0.1) is 23.3 Å². The van der Waals surface area contributed by atoms with Gasteiger partial charge >= 0.3 is 0 Å². The standard InChI is InChI=1S/C35H30N4O7S2/c1-45-31-10-6-5-9-29(31)32-20-15-26(46-32)21-30(39-34(41)23-7-3-2-4-8-23)35(42)38-25-11-16-27(17-12-25)47-22-33(40)37-24-13-18-28(19-14-24)48(36,43)44/h2-21H,22H2,1H3,(H,37,40)(H,38,42)(H,39,41)(H2,36,43,44). The Hall–Kier alpha value is -5.63. The second-order valence-electron chi connectivity index (χ2n) is 10.2. The summed E-state index contributed by atoms with van der Waals surface area (Å²) in [5.41, 5.74) is 1.94. The zero-order chi connectivity index (χ0) is 34.1. The molecule has 4 aromatic carbocycles. The first-order chi connectivity index (χ1) is 23.1. The molecule has 13 heteroatoms. The molecule has 3 amide bonds. The normalized spacial score (nSPS) is 11.4. The van der Waals surface area contributed by atoms with E-state index in [0.717, 1.165) is 10.5 Å². The van der Waals surface area contributed by atoms with Gasteiger partial charge in [-0.15, -0.1) is 11.8 Å². The van der Waals surface area contributed by atoms with Gasteiger partial charge in [-0.3, -0.25) is 14.4 Å². The van der Waals surface area contributed by atoms with Crippen LogP contribution in [0.15, 0.2) is 135 Å². The molecule has 0 aliphatic heterocycles. The molecule has 0 radical (unpaired) electrons. The second kappa shape index (κ2) is 15.3. The van der Waals surface area contributed by atoms with Crippen molar-refractivity contribution in [3.63, 3.8) is 0 Å². The molecule has 5 rings (SSSR count). The first-order valence-electron chi connectivity index (χ1n) is 14.4. The lowest BCUT2D eigenvalue weighted by molar-refractivity contribution is -0.114. The number of methoxy groups -OCH3 is 1. The number of primary sulfonamides is 1. The van der Waals surface area contributed by atoms with Crippen LogP contribution in [0, 0.1) is 0 Å². The predicted molar refractivity (Wildman–Crippen MR) is 185 cm³/mol. The van der Waals surface area contributed by atoms with Gasteiger partial charge in [0, 0.05) is 27.9 Å². The Morgan fingerprint density at radius 1 is 0.812 bits per heavy atom. The van der Waals surface area contributed by atoms with Crippen LogP contribution in [0.2, 0.25) is 0 Å². The highest BCUT2D eigenvalue weighted by atomic mass is 32.2. The minimum atomic E-state index is -3.83. The third kappa shape index (κ3) is 9.00. The number of nitrogens with two attached hydrogens (primary N) is 1. The fourth-order valence-electron chi connectivity index (χ4n) is 4.41. The van der Waals surface area contributed by atoms with Crippen LogP contribution in [0.4, 0.5) is 11.4 Å². The van der Waals surface area contributed by atoms with E-state index >= 15 is 0 Å². The Bertz CT molecular complexity index is 2060. The van der Waals surface area contributed by atoms with Gasteiger partial charge in [0.2, 0.25) is 15.9 Å². The maximum Gasteiger partial charge on any atom is 0.272 e. The van der Waals surface area contributed by atoms with Gasteiger partial charge in [-0.2, -0.15) is 0 Å². The number of para-hydroxylation sites is 1. The minimum Gasteiger partial charge on any atom is -0.496 e. The van der Waals surface area contributed by atoms with E-state index < -0.39 is 21.8 Å². The molecule has 0 aliphatic rings. The molecule has 5 aromatic rings. The number of anilines is 2. The van der Waals surface area contributed by atoms with Gasteiger partial charge in [-0.1, -0.05) is 30.3 Å². The number of benzene rings is 4. The Morgan fingerprint density at radius 3 is 2.15 bits per heavy atom. The number of amides is 3. The van der Waals surface area contributed by atoms with Crippen LogP contribution in [0.5, 0.6) is 5.75 Å². The summed E-state index contributed by atoms with van der Waals surface area (Å²) in [6, 6.07) is 31.7. The van der Waals surface area contributed by atoms with Crippen molar-refractivity contribution in [2.45, 2.75) is 9.79 Å². The zero-order valence-corrected chi connectivity index (χ0v) is 27.1. The molecule has 0 bridgehead atoms. The largest absolute Gasteiger partial charge is 0.496 e. The second-order valence-corrected chi connectivity index (χ2v) is 12.8. The summed E-state index contributed by atoms with van der Waals surface area (Å²) in [5, 5.41) is 13.3. The van der Waals surface area contributed by atoms with Crippen LogP contribution in [0.25, 0.3) is 17.4 Å². The molecule has 0 spiro atoms. The van der Waals surface area contributed by atoms with Crippen molar-refractivity contribution >= 4 is 57.0 Å². The van der Waals surface area contributed by atoms with E-state index in [0.29, 0.717) is 34.2 Å². The number of furan rings is 1. The summed E-state index contributed by atoms with van der Waals surface area (Å²) in [4.78, 5) is 39.6. The number of nitrogens with one attached hydrogen (secondary N) is 3. The number of thioether (sulfide) groups is 1. The molecule has 244 valence electrons. The van der Waals surface area contributed by atoms with Gasteiger partial charge in [-0.25, -0.2) is 13.6 Å². The third-order valence-corrected chi connectivity index (χ3v) is 8.70. The molecule has 0 atom stereocenters. The van der Waals surface area contributed by atoms with E-state index in [2.05, 4.69) is 16.0 Å². The highest BCUT2D eigenvalue weighted by Gasteiger charge is 2.17. The molecular formula is C35H30N4O7S2. The van der Waals surface area contributed by atoms with Crippen molar-refractivity contribution in [1.82, 2.24) is 5.32 Å². The molecule has 0 aliphatic carbocycles. The molecular weight excluding hydrogens is 653 g/mol. The summed E-state index contributed by atoms with van der Waals surface area (Å²) in [6.07, 6.45) is 1.44. The van der Waals surface area contributed by atoms with E-state index in [4.69, 9.17) is 14.3 Å². The lowest BCUT2D eigenvalue weighted by Crippen LogP contribution is -2.30. The fraction of sp³-hybridized carbons (Fsp3) is 0.0571. The van der Waals surface area contributed by atoms with Crippen LogP contribution in [-0.4, -0.2) is 39.0 Å². The Labute approximate surface area is 281 Å². The van der Waals surface area contributed by atoms with Crippen LogP contribution >= 0.6 is 11.8 Å². The van der Waals surface area contributed by atoms with Crippen LogP contribution in [0.1, 0.15) is 16.1 Å². The number of hydrogen-bond donors (Lipinski definition) is 4. The smallest absolute Gasteiger partial charge is 0.272 e. The topological polar surface area (TPSA) is 170 Å². The summed E-state index contributed by atoms with van der Waals surface area (Å²) in [6.45, 7) is 0. The monoisotopic (exact) mass is 682 g/mol. The molecule has 0 saturated carbocycles. The maximum atomic E-state index is 13.5. The first-order valence-corrected chi connectivity index (χ1v) is 16.9. The molecule has 1 aromatic heterocycles. The summed E-state index contributed by atoms with van der Waals surface area (Å²) in [5.74, 6) is 0.214. The lowest BCUT2D eigenvalue weighted by Gasteiger charge is -2.11. The third-order valence-electron chi connectivity index (χ3n) is 6.76. The van der Waals surface area contributed by atoms with Crippen LogP contribution < -0.4 is 25.8 Å². The Balaban J connectivity index is 1.25. The average Bonchev–Trinajstić information content (AvgIpc) is 3.56. The van der Waals surface area contributed by atoms with Crippen molar-refractivity contribution in [2.75, 3.05) is 23.5 Å². The molecule has 0 fully saturated rings. The van der Waals surface area contributed by atoms with E-state index in [-0.39, 0.29) is 22.3 Å². The SMILES string of the molecule is COc1ccccc1-c1ccc(C=C(NC(=O)c2ccccc2)C(=O)Nc2ccc(SCC(=O)Nc3ccc(S(N)(=O)=O)cc3)cc2)o1. The molecule has 48 heavy (non-hydrogen) atoms. The Kier molecular flexibility index (Phi) is 10.8. The number of sulfonamides is 1. The molecule has 1 heterocycles. The molecule has 0 saturated heterocycles. The van der Waals surface area contributed by atoms with Crippen molar-refractivity contribution in [3.05, 3.63) is 132 Å². The number of rotatable bonds is 12. The predicted octanol–water partition coefficient (Wildman–Crippen LogP) is 5.74. The maximum absolute atomic E-state index is 13.5. The number of carbonyl (C=O) groups excluding carboxylic acids is 3. The van der Waals surface area contributed by atoms with Crippen molar-refractivity contribution in [2.24, 2.45) is 5.14 Å².